The Bertz CT molecular complexity index is 461. The molecule has 0 amide bonds. The molecule has 1 saturated heterocycles. The van der Waals surface area contributed by atoms with Gasteiger partial charge in [-0.15, -0.1) is 11.3 Å². The van der Waals surface area contributed by atoms with E-state index in [0.717, 1.165) is 6.42 Å². The van der Waals surface area contributed by atoms with Gasteiger partial charge in [-0.2, -0.15) is 0 Å². The lowest BCUT2D eigenvalue weighted by Gasteiger charge is -2.32. The molecule has 1 aliphatic heterocycles. The molecule has 1 unspecified atom stereocenters. The Morgan fingerprint density at radius 3 is 3.05 bits per heavy atom. The van der Waals surface area contributed by atoms with E-state index in [-0.39, 0.29) is 16.7 Å². The monoisotopic (exact) mass is 286 g/mol. The van der Waals surface area contributed by atoms with Crippen LogP contribution in [0.4, 0.5) is 10.7 Å². The van der Waals surface area contributed by atoms with Crippen LogP contribution in [0.3, 0.4) is 0 Å². The summed E-state index contributed by atoms with van der Waals surface area (Å²) in [7, 11) is 0. The van der Waals surface area contributed by atoms with Crippen molar-refractivity contribution in [1.82, 2.24) is 0 Å². The minimum atomic E-state index is -0.680. The Morgan fingerprint density at radius 1 is 1.74 bits per heavy atom. The van der Waals surface area contributed by atoms with E-state index in [1.165, 1.54) is 17.4 Å². The summed E-state index contributed by atoms with van der Waals surface area (Å²) in [6.45, 7) is 5.55. The summed E-state index contributed by atoms with van der Waals surface area (Å²) in [6, 6.07) is 1.47. The molecule has 1 N–H and O–H groups in total. The maximum absolute atomic E-state index is 11.1. The zero-order chi connectivity index (χ0) is 14.0. The lowest BCUT2D eigenvalue weighted by Crippen LogP contribution is -2.42. The summed E-state index contributed by atoms with van der Waals surface area (Å²) < 4.78 is 5.58. The number of hydrogen-bond acceptors (Lipinski definition) is 6. The van der Waals surface area contributed by atoms with Gasteiger partial charge in [0.1, 0.15) is 0 Å². The molecule has 7 heteroatoms. The fourth-order valence-corrected chi connectivity index (χ4v) is 3.20. The van der Waals surface area contributed by atoms with E-state index in [1.807, 2.05) is 11.8 Å². The Morgan fingerprint density at radius 2 is 2.47 bits per heavy atom. The van der Waals surface area contributed by atoms with Crippen molar-refractivity contribution < 1.29 is 14.8 Å². The minimum absolute atomic E-state index is 0.0812. The Labute approximate surface area is 115 Å². The molecule has 2 rings (SSSR count). The van der Waals surface area contributed by atoms with Gasteiger partial charge in [0.15, 0.2) is 5.00 Å². The summed E-state index contributed by atoms with van der Waals surface area (Å²) in [5.74, 6) is 0. The van der Waals surface area contributed by atoms with E-state index < -0.39 is 6.10 Å². The van der Waals surface area contributed by atoms with Crippen LogP contribution < -0.4 is 4.90 Å². The van der Waals surface area contributed by atoms with Gasteiger partial charge in [0, 0.05) is 24.0 Å². The number of aliphatic hydroxyl groups excluding tert-OH is 1. The molecule has 2 heterocycles. The Hall–Kier alpha value is -1.18. The molecule has 0 saturated carbocycles. The average molecular weight is 286 g/mol. The highest BCUT2D eigenvalue weighted by Crippen LogP contribution is 2.40. The topological polar surface area (TPSA) is 75.8 Å². The van der Waals surface area contributed by atoms with Crippen molar-refractivity contribution in [3.63, 3.8) is 0 Å². The average Bonchev–Trinajstić information content (AvgIpc) is 2.84. The first-order chi connectivity index (χ1) is 9.02. The maximum Gasteiger partial charge on any atom is 0.304 e. The van der Waals surface area contributed by atoms with Gasteiger partial charge < -0.3 is 14.7 Å². The first-order valence-electron chi connectivity index (χ1n) is 6.35. The molecule has 0 aromatic carbocycles. The van der Waals surface area contributed by atoms with Gasteiger partial charge in [0.2, 0.25) is 0 Å². The molecular formula is C12H18N2O4S. The molecule has 2 atom stereocenters. The maximum atomic E-state index is 11.1. The quantitative estimate of drug-likeness (QED) is 0.679. The zero-order valence-electron chi connectivity index (χ0n) is 11.0. The summed E-state index contributed by atoms with van der Waals surface area (Å²) in [4.78, 5) is 13.4. The van der Waals surface area contributed by atoms with Crippen molar-refractivity contribution >= 4 is 22.0 Å². The highest BCUT2D eigenvalue weighted by atomic mass is 32.1. The van der Waals surface area contributed by atoms with Crippen molar-refractivity contribution in [2.75, 3.05) is 24.6 Å². The van der Waals surface area contributed by atoms with E-state index >= 15 is 0 Å². The number of anilines is 1. The Balaban J connectivity index is 2.29. The summed E-state index contributed by atoms with van der Waals surface area (Å²) in [5.41, 5.74) is 0.0812. The number of thiophene rings is 1. The molecule has 0 spiro atoms. The molecule has 1 aromatic heterocycles. The predicted molar refractivity (Wildman–Crippen MR) is 73.9 cm³/mol. The first-order valence-corrected chi connectivity index (χ1v) is 7.17. The summed E-state index contributed by atoms with van der Waals surface area (Å²) in [5, 5.41) is 21.3. The van der Waals surface area contributed by atoms with Crippen LogP contribution in [0, 0.1) is 10.1 Å². The van der Waals surface area contributed by atoms with Gasteiger partial charge in [-0.05, 0) is 13.3 Å². The fraction of sp³-hybridized carbons (Fsp3) is 0.667. The van der Waals surface area contributed by atoms with Crippen LogP contribution in [-0.4, -0.2) is 35.8 Å². The van der Waals surface area contributed by atoms with E-state index in [2.05, 4.69) is 0 Å². The lowest BCUT2D eigenvalue weighted by atomic mass is 10.2. The van der Waals surface area contributed by atoms with Crippen LogP contribution in [0.25, 0.3) is 0 Å². The fourth-order valence-electron chi connectivity index (χ4n) is 2.10. The first kappa shape index (κ1) is 14.2. The second kappa shape index (κ2) is 5.85. The smallest absolute Gasteiger partial charge is 0.304 e. The second-order valence-electron chi connectivity index (χ2n) is 4.62. The number of hydrogen-bond donors (Lipinski definition) is 1. The van der Waals surface area contributed by atoms with Crippen LogP contribution >= 0.6 is 11.3 Å². The van der Waals surface area contributed by atoms with Crippen LogP contribution in [0.2, 0.25) is 0 Å². The van der Waals surface area contributed by atoms with E-state index in [1.54, 1.807) is 6.92 Å². The van der Waals surface area contributed by atoms with Crippen LogP contribution in [0.1, 0.15) is 31.2 Å². The van der Waals surface area contributed by atoms with Crippen LogP contribution in [0.5, 0.6) is 0 Å². The highest BCUT2D eigenvalue weighted by molar-refractivity contribution is 7.16. The number of aliphatic hydroxyl groups is 1. The SMILES string of the molecule is CCC1CN(c2sc([C@H](C)O)cc2[N+](=O)[O-])CCO1. The third kappa shape index (κ3) is 3.05. The number of morpholine rings is 1. The van der Waals surface area contributed by atoms with Crippen molar-refractivity contribution in [3.8, 4) is 0 Å². The lowest BCUT2D eigenvalue weighted by molar-refractivity contribution is -0.383. The van der Waals surface area contributed by atoms with Crippen molar-refractivity contribution in [1.29, 1.82) is 0 Å². The highest BCUT2D eigenvalue weighted by Gasteiger charge is 2.28. The third-order valence-electron chi connectivity index (χ3n) is 3.20. The van der Waals surface area contributed by atoms with Gasteiger partial charge in [-0.3, -0.25) is 10.1 Å². The van der Waals surface area contributed by atoms with Crippen molar-refractivity contribution in [3.05, 3.63) is 21.1 Å². The molecule has 6 nitrogen and oxygen atoms in total. The van der Waals surface area contributed by atoms with Gasteiger partial charge in [-0.25, -0.2) is 0 Å². The summed E-state index contributed by atoms with van der Waals surface area (Å²) >= 11 is 1.29. The van der Waals surface area contributed by atoms with Crippen molar-refractivity contribution in [2.24, 2.45) is 0 Å². The largest absolute Gasteiger partial charge is 0.388 e. The molecule has 1 aliphatic rings. The van der Waals surface area contributed by atoms with Gasteiger partial charge in [0.25, 0.3) is 0 Å². The van der Waals surface area contributed by atoms with Gasteiger partial charge in [-0.1, -0.05) is 6.92 Å². The Kier molecular flexibility index (Phi) is 4.38. The minimum Gasteiger partial charge on any atom is -0.388 e. The molecule has 0 radical (unpaired) electrons. The third-order valence-corrected chi connectivity index (χ3v) is 4.56. The molecular weight excluding hydrogens is 268 g/mol. The molecule has 19 heavy (non-hydrogen) atoms. The predicted octanol–water partition coefficient (Wildman–Crippen LogP) is 2.32. The summed E-state index contributed by atoms with van der Waals surface area (Å²) in [6.07, 6.45) is 0.324. The molecule has 0 bridgehead atoms. The second-order valence-corrected chi connectivity index (χ2v) is 5.68. The van der Waals surface area contributed by atoms with E-state index in [9.17, 15) is 15.2 Å². The zero-order valence-corrected chi connectivity index (χ0v) is 11.9. The molecule has 1 fully saturated rings. The van der Waals surface area contributed by atoms with E-state index in [4.69, 9.17) is 4.74 Å². The molecule has 1 aromatic rings. The standard InChI is InChI=1S/C12H18N2O4S/c1-3-9-7-13(4-5-18-9)12-10(14(16)17)6-11(19-12)8(2)15/h6,8-9,15H,3-5,7H2,1-2H3/t8-,9?/m0/s1. The normalized spacial score (nSPS) is 21.4. The van der Waals surface area contributed by atoms with E-state index in [0.29, 0.717) is 29.6 Å². The van der Waals surface area contributed by atoms with Crippen LogP contribution in [-0.2, 0) is 4.74 Å². The number of rotatable bonds is 4. The van der Waals surface area contributed by atoms with Gasteiger partial charge in [0.05, 0.1) is 23.7 Å². The van der Waals surface area contributed by atoms with Crippen LogP contribution in [0.15, 0.2) is 6.07 Å². The molecule has 0 aliphatic carbocycles. The number of nitro groups is 1. The van der Waals surface area contributed by atoms with Gasteiger partial charge >= 0.3 is 5.69 Å². The van der Waals surface area contributed by atoms with Crippen molar-refractivity contribution in [2.45, 2.75) is 32.5 Å². The number of ether oxygens (including phenoxy) is 1. The molecule has 106 valence electrons. The number of nitrogens with zero attached hydrogens (tertiary/aromatic N) is 2.